The number of ether oxygens (including phenoxy) is 1. The number of nitrogens with one attached hydrogen (secondary N) is 2. The molecule has 2 aliphatic rings. The zero-order chi connectivity index (χ0) is 15.4. The summed E-state index contributed by atoms with van der Waals surface area (Å²) in [4.78, 5) is 2.38. The molecule has 0 radical (unpaired) electrons. The van der Waals surface area contributed by atoms with Crippen LogP contribution in [0.15, 0.2) is 18.2 Å². The standard InChI is InChI=1S/C16H22ClN3OS/c17-12-5-6-15(20-7-1-2-8-20)14(10-12)19-16(22)18-11-13-4-3-9-21-13/h5-6,10,13H,1-4,7-9,11H2,(H2,18,19,22)/t13-/m0/s1. The van der Waals surface area contributed by atoms with Crippen molar-refractivity contribution >= 4 is 40.3 Å². The van der Waals surface area contributed by atoms with Crippen LogP contribution in [0.4, 0.5) is 11.4 Å². The Hall–Kier alpha value is -1.04. The van der Waals surface area contributed by atoms with Crippen molar-refractivity contribution in [2.75, 3.05) is 36.5 Å². The molecule has 3 rings (SSSR count). The number of thiocarbonyl (C=S) groups is 1. The normalized spacial score (nSPS) is 21.1. The molecule has 0 saturated carbocycles. The molecule has 1 atom stereocenters. The Morgan fingerprint density at radius 2 is 2.14 bits per heavy atom. The highest BCUT2D eigenvalue weighted by Gasteiger charge is 2.18. The Morgan fingerprint density at radius 1 is 1.32 bits per heavy atom. The van der Waals surface area contributed by atoms with Gasteiger partial charge in [0.2, 0.25) is 0 Å². The zero-order valence-corrected chi connectivity index (χ0v) is 14.2. The lowest BCUT2D eigenvalue weighted by Gasteiger charge is -2.23. The van der Waals surface area contributed by atoms with Gasteiger partial charge in [-0.15, -0.1) is 0 Å². The average Bonchev–Trinajstić information content (AvgIpc) is 3.19. The second kappa shape index (κ2) is 7.49. The van der Waals surface area contributed by atoms with Gasteiger partial charge < -0.3 is 20.3 Å². The molecule has 2 aliphatic heterocycles. The fourth-order valence-corrected chi connectivity index (χ4v) is 3.39. The molecule has 0 aliphatic carbocycles. The predicted molar refractivity (Wildman–Crippen MR) is 96.1 cm³/mol. The topological polar surface area (TPSA) is 36.5 Å². The van der Waals surface area contributed by atoms with Crippen molar-refractivity contribution in [1.29, 1.82) is 0 Å². The van der Waals surface area contributed by atoms with E-state index in [1.54, 1.807) is 0 Å². The summed E-state index contributed by atoms with van der Waals surface area (Å²) in [7, 11) is 0. The van der Waals surface area contributed by atoms with Crippen LogP contribution >= 0.6 is 23.8 Å². The molecule has 22 heavy (non-hydrogen) atoms. The van der Waals surface area contributed by atoms with Crippen molar-refractivity contribution in [3.05, 3.63) is 23.2 Å². The van der Waals surface area contributed by atoms with Gasteiger partial charge in [-0.25, -0.2) is 0 Å². The third kappa shape index (κ3) is 4.03. The summed E-state index contributed by atoms with van der Waals surface area (Å²) in [6.45, 7) is 3.80. The fourth-order valence-electron chi connectivity index (χ4n) is 3.02. The number of halogens is 1. The van der Waals surface area contributed by atoms with Crippen LogP contribution in [0.5, 0.6) is 0 Å². The van der Waals surface area contributed by atoms with E-state index in [1.165, 1.54) is 18.5 Å². The van der Waals surface area contributed by atoms with E-state index < -0.39 is 0 Å². The summed E-state index contributed by atoms with van der Waals surface area (Å²) in [5, 5.41) is 7.87. The van der Waals surface area contributed by atoms with E-state index in [2.05, 4.69) is 21.6 Å². The third-order valence-electron chi connectivity index (χ3n) is 4.17. The first-order valence-corrected chi connectivity index (χ1v) is 8.72. The van der Waals surface area contributed by atoms with Crippen LogP contribution < -0.4 is 15.5 Å². The highest BCUT2D eigenvalue weighted by atomic mass is 35.5. The van der Waals surface area contributed by atoms with Crippen LogP contribution in [0.2, 0.25) is 5.02 Å². The van der Waals surface area contributed by atoms with E-state index in [9.17, 15) is 0 Å². The Balaban J connectivity index is 1.62. The molecule has 0 aromatic heterocycles. The largest absolute Gasteiger partial charge is 0.376 e. The first-order valence-electron chi connectivity index (χ1n) is 7.93. The summed E-state index contributed by atoms with van der Waals surface area (Å²) >= 11 is 11.6. The monoisotopic (exact) mass is 339 g/mol. The molecule has 2 saturated heterocycles. The lowest BCUT2D eigenvalue weighted by atomic mass is 10.2. The molecule has 0 bridgehead atoms. The number of benzene rings is 1. The van der Waals surface area contributed by atoms with Crippen LogP contribution in [-0.2, 0) is 4.74 Å². The summed E-state index contributed by atoms with van der Waals surface area (Å²) in [6, 6.07) is 5.94. The van der Waals surface area contributed by atoms with Crippen LogP contribution in [0.3, 0.4) is 0 Å². The fraction of sp³-hybridized carbons (Fsp3) is 0.562. The number of rotatable bonds is 4. The summed E-state index contributed by atoms with van der Waals surface area (Å²) < 4.78 is 5.60. The van der Waals surface area contributed by atoms with Crippen LogP contribution in [-0.4, -0.2) is 37.5 Å². The molecule has 2 N–H and O–H groups in total. The Bertz CT molecular complexity index is 528. The Kier molecular flexibility index (Phi) is 5.39. The maximum absolute atomic E-state index is 6.15. The molecule has 120 valence electrons. The zero-order valence-electron chi connectivity index (χ0n) is 12.6. The van der Waals surface area contributed by atoms with Crippen molar-refractivity contribution in [2.45, 2.75) is 31.8 Å². The van der Waals surface area contributed by atoms with Crippen molar-refractivity contribution in [2.24, 2.45) is 0 Å². The average molecular weight is 340 g/mol. The minimum atomic E-state index is 0.275. The summed E-state index contributed by atoms with van der Waals surface area (Å²) in [5.74, 6) is 0. The highest BCUT2D eigenvalue weighted by Crippen LogP contribution is 2.31. The van der Waals surface area contributed by atoms with Crippen molar-refractivity contribution in [3.63, 3.8) is 0 Å². The molecule has 2 fully saturated rings. The molecule has 6 heteroatoms. The Labute approximate surface area is 142 Å². The molecule has 1 aromatic carbocycles. The van der Waals surface area contributed by atoms with Gasteiger partial charge in [-0.05, 0) is 56.1 Å². The van der Waals surface area contributed by atoms with Crippen molar-refractivity contribution < 1.29 is 4.74 Å². The molecular formula is C16H22ClN3OS. The lowest BCUT2D eigenvalue weighted by molar-refractivity contribution is 0.114. The molecule has 0 amide bonds. The number of nitrogens with zero attached hydrogens (tertiary/aromatic N) is 1. The van der Waals surface area contributed by atoms with E-state index >= 15 is 0 Å². The van der Waals surface area contributed by atoms with E-state index in [1.807, 2.05) is 12.1 Å². The van der Waals surface area contributed by atoms with E-state index in [0.29, 0.717) is 10.1 Å². The maximum Gasteiger partial charge on any atom is 0.170 e. The van der Waals surface area contributed by atoms with Gasteiger partial charge in [0, 0.05) is 31.3 Å². The predicted octanol–water partition coefficient (Wildman–Crippen LogP) is 3.41. The Morgan fingerprint density at radius 3 is 2.86 bits per heavy atom. The number of hydrogen-bond acceptors (Lipinski definition) is 3. The second-order valence-corrected chi connectivity index (χ2v) is 6.67. The van der Waals surface area contributed by atoms with Gasteiger partial charge in [0.1, 0.15) is 0 Å². The molecule has 4 nitrogen and oxygen atoms in total. The smallest absolute Gasteiger partial charge is 0.170 e. The minimum absolute atomic E-state index is 0.275. The van der Waals surface area contributed by atoms with Gasteiger partial charge in [0.25, 0.3) is 0 Å². The van der Waals surface area contributed by atoms with Crippen molar-refractivity contribution in [3.8, 4) is 0 Å². The van der Waals surface area contributed by atoms with E-state index in [4.69, 9.17) is 28.6 Å². The quantitative estimate of drug-likeness (QED) is 0.822. The number of hydrogen-bond donors (Lipinski definition) is 2. The lowest BCUT2D eigenvalue weighted by Crippen LogP contribution is -2.35. The van der Waals surface area contributed by atoms with E-state index in [-0.39, 0.29) is 6.10 Å². The van der Waals surface area contributed by atoms with Gasteiger partial charge in [0.05, 0.1) is 17.5 Å². The minimum Gasteiger partial charge on any atom is -0.376 e. The number of anilines is 2. The first-order chi connectivity index (χ1) is 10.7. The van der Waals surface area contributed by atoms with Gasteiger partial charge >= 0.3 is 0 Å². The maximum atomic E-state index is 6.15. The van der Waals surface area contributed by atoms with Gasteiger partial charge in [-0.2, -0.15) is 0 Å². The van der Waals surface area contributed by atoms with Crippen LogP contribution in [0.25, 0.3) is 0 Å². The molecule has 2 heterocycles. The van der Waals surface area contributed by atoms with Gasteiger partial charge in [-0.1, -0.05) is 11.6 Å². The SMILES string of the molecule is S=C(NC[C@@H]1CCCO1)Nc1cc(Cl)ccc1N1CCCC1. The van der Waals surface area contributed by atoms with Gasteiger partial charge in [-0.3, -0.25) is 0 Å². The van der Waals surface area contributed by atoms with Gasteiger partial charge in [0.15, 0.2) is 5.11 Å². The summed E-state index contributed by atoms with van der Waals surface area (Å²) in [5.41, 5.74) is 2.14. The molecule has 0 unspecified atom stereocenters. The van der Waals surface area contributed by atoms with E-state index in [0.717, 1.165) is 44.8 Å². The van der Waals surface area contributed by atoms with Crippen LogP contribution in [0, 0.1) is 0 Å². The molecular weight excluding hydrogens is 318 g/mol. The third-order valence-corrected chi connectivity index (χ3v) is 4.65. The van der Waals surface area contributed by atoms with Crippen LogP contribution in [0.1, 0.15) is 25.7 Å². The second-order valence-electron chi connectivity index (χ2n) is 5.83. The first kappa shape index (κ1) is 15.8. The highest BCUT2D eigenvalue weighted by molar-refractivity contribution is 7.80. The van der Waals surface area contributed by atoms with Crippen molar-refractivity contribution in [1.82, 2.24) is 5.32 Å². The molecule has 1 aromatic rings. The molecule has 0 spiro atoms. The summed E-state index contributed by atoms with van der Waals surface area (Å²) in [6.07, 6.45) is 5.00.